The molecule has 4 aromatic rings. The molecular weight excluding hydrogens is 588 g/mol. The highest BCUT2D eigenvalue weighted by Crippen LogP contribution is 2.36. The van der Waals surface area contributed by atoms with Crippen molar-refractivity contribution in [1.82, 2.24) is 19.9 Å². The Labute approximate surface area is 241 Å². The zero-order valence-electron chi connectivity index (χ0n) is 20.8. The number of Topliss-reactive ketones (excluding diaryl/α,β-unsaturated/α-hetero) is 1. The number of amides is 1. The van der Waals surface area contributed by atoms with Gasteiger partial charge in [0.2, 0.25) is 0 Å². The highest BCUT2D eigenvalue weighted by atomic mass is 35.5. The van der Waals surface area contributed by atoms with Crippen molar-refractivity contribution in [1.29, 1.82) is 0 Å². The number of nitrogens with zero attached hydrogens (tertiary/aromatic N) is 4. The Kier molecular flexibility index (Phi) is 9.33. The molecule has 3 aromatic heterocycles. The van der Waals surface area contributed by atoms with E-state index in [1.807, 2.05) is 12.1 Å². The molecule has 2 N–H and O–H groups in total. The Morgan fingerprint density at radius 2 is 1.82 bits per heavy atom. The van der Waals surface area contributed by atoms with Crippen LogP contribution in [0.5, 0.6) is 0 Å². The molecule has 1 aromatic carbocycles. The molecule has 0 aliphatic heterocycles. The quantitative estimate of drug-likeness (QED) is 0.188. The third kappa shape index (κ3) is 7.32. The van der Waals surface area contributed by atoms with Crippen LogP contribution >= 0.6 is 34.5 Å². The standard InChI is InChI=1S/C26H21Cl2F3N6O2S/c1-14(10-19(38)22-21(28)23(36-13-35-22)33-9-6-15-4-7-32-8-5-15)25-34-12-20(40-25)24(39)37-16-2-3-18(27)17(11-16)26(29,30)31/h2-5,7-8,11-14H,6,9-10H2,1H3,(H,37,39)(H,33,35,36). The lowest BCUT2D eigenvalue weighted by Gasteiger charge is -2.11. The number of carbonyl (C=O) groups excluding carboxylic acids is 2. The number of anilines is 2. The molecule has 8 nitrogen and oxygen atoms in total. The molecule has 0 saturated carbocycles. The molecule has 3 heterocycles. The van der Waals surface area contributed by atoms with Gasteiger partial charge in [-0.2, -0.15) is 13.2 Å². The monoisotopic (exact) mass is 608 g/mol. The summed E-state index contributed by atoms with van der Waals surface area (Å²) < 4.78 is 39.4. The van der Waals surface area contributed by atoms with Crippen molar-refractivity contribution in [3.8, 4) is 0 Å². The van der Waals surface area contributed by atoms with Crippen LogP contribution in [0.3, 0.4) is 0 Å². The Morgan fingerprint density at radius 1 is 1.07 bits per heavy atom. The normalized spacial score (nSPS) is 12.2. The van der Waals surface area contributed by atoms with Gasteiger partial charge in [0.1, 0.15) is 27.7 Å². The van der Waals surface area contributed by atoms with Crippen molar-refractivity contribution in [3.05, 3.63) is 92.0 Å². The van der Waals surface area contributed by atoms with Crippen LogP contribution in [0.15, 0.2) is 55.2 Å². The maximum absolute atomic E-state index is 13.1. The Bertz CT molecular complexity index is 1520. The number of pyridine rings is 1. The lowest BCUT2D eigenvalue weighted by atomic mass is 10.0. The first-order valence-electron chi connectivity index (χ1n) is 11.8. The van der Waals surface area contributed by atoms with E-state index in [9.17, 15) is 22.8 Å². The fourth-order valence-electron chi connectivity index (χ4n) is 3.66. The molecule has 14 heteroatoms. The van der Waals surface area contributed by atoms with Gasteiger partial charge in [-0.3, -0.25) is 14.6 Å². The zero-order chi connectivity index (χ0) is 28.9. The van der Waals surface area contributed by atoms with Crippen LogP contribution in [0.1, 0.15) is 55.6 Å². The van der Waals surface area contributed by atoms with E-state index < -0.39 is 22.7 Å². The predicted octanol–water partition coefficient (Wildman–Crippen LogP) is 6.94. The molecular formula is C26H21Cl2F3N6O2S. The van der Waals surface area contributed by atoms with Gasteiger partial charge in [0, 0.05) is 37.0 Å². The van der Waals surface area contributed by atoms with Gasteiger partial charge in [0.15, 0.2) is 5.78 Å². The van der Waals surface area contributed by atoms with E-state index >= 15 is 0 Å². The minimum absolute atomic E-state index is 0.00783. The van der Waals surface area contributed by atoms with E-state index in [0.717, 1.165) is 29.0 Å². The minimum Gasteiger partial charge on any atom is -0.368 e. The zero-order valence-corrected chi connectivity index (χ0v) is 23.1. The summed E-state index contributed by atoms with van der Waals surface area (Å²) in [6, 6.07) is 6.89. The Morgan fingerprint density at radius 3 is 2.55 bits per heavy atom. The molecule has 0 aliphatic rings. The lowest BCUT2D eigenvalue weighted by Crippen LogP contribution is -2.12. The minimum atomic E-state index is -4.67. The topological polar surface area (TPSA) is 110 Å². The second-order valence-electron chi connectivity index (χ2n) is 8.65. The highest BCUT2D eigenvalue weighted by molar-refractivity contribution is 7.13. The largest absolute Gasteiger partial charge is 0.417 e. The number of carbonyl (C=O) groups is 2. The molecule has 0 spiro atoms. The van der Waals surface area contributed by atoms with E-state index in [4.69, 9.17) is 23.2 Å². The summed E-state index contributed by atoms with van der Waals surface area (Å²) in [7, 11) is 0. The molecule has 0 radical (unpaired) electrons. The molecule has 208 valence electrons. The summed E-state index contributed by atoms with van der Waals surface area (Å²) in [6.45, 7) is 2.29. The van der Waals surface area contributed by atoms with Gasteiger partial charge in [-0.25, -0.2) is 15.0 Å². The van der Waals surface area contributed by atoms with Crippen LogP contribution in [0.4, 0.5) is 24.7 Å². The van der Waals surface area contributed by atoms with Gasteiger partial charge >= 0.3 is 6.18 Å². The molecule has 0 bridgehead atoms. The first kappa shape index (κ1) is 29.4. The van der Waals surface area contributed by atoms with E-state index in [0.29, 0.717) is 23.8 Å². The predicted molar refractivity (Wildman–Crippen MR) is 147 cm³/mol. The fourth-order valence-corrected chi connectivity index (χ4v) is 5.02. The van der Waals surface area contributed by atoms with Crippen LogP contribution < -0.4 is 10.6 Å². The smallest absolute Gasteiger partial charge is 0.368 e. The van der Waals surface area contributed by atoms with Gasteiger partial charge in [0.25, 0.3) is 5.91 Å². The van der Waals surface area contributed by atoms with E-state index in [1.165, 1.54) is 18.6 Å². The first-order chi connectivity index (χ1) is 19.0. The fraction of sp³-hybridized carbons (Fsp3) is 0.231. The van der Waals surface area contributed by atoms with Crippen LogP contribution in [-0.2, 0) is 12.6 Å². The number of aromatic nitrogens is 4. The van der Waals surface area contributed by atoms with Crippen molar-refractivity contribution in [2.24, 2.45) is 0 Å². The molecule has 1 atom stereocenters. The van der Waals surface area contributed by atoms with Crippen molar-refractivity contribution >= 4 is 57.7 Å². The number of ketones is 1. The number of thiazole rings is 1. The molecule has 0 saturated heterocycles. The second-order valence-corrected chi connectivity index (χ2v) is 10.5. The SMILES string of the molecule is CC(CC(=O)c1ncnc(NCCc2ccncc2)c1Cl)c1ncc(C(=O)Nc2ccc(Cl)c(C(F)(F)F)c2)s1. The van der Waals surface area contributed by atoms with Crippen LogP contribution in [-0.4, -0.2) is 38.2 Å². The molecule has 40 heavy (non-hydrogen) atoms. The number of halogens is 5. The average molecular weight is 609 g/mol. The summed E-state index contributed by atoms with van der Waals surface area (Å²) in [5.74, 6) is -1.02. The van der Waals surface area contributed by atoms with Gasteiger partial charge in [-0.1, -0.05) is 30.1 Å². The summed E-state index contributed by atoms with van der Waals surface area (Å²) in [6.07, 6.45) is 2.01. The van der Waals surface area contributed by atoms with Crippen molar-refractivity contribution in [3.63, 3.8) is 0 Å². The summed E-state index contributed by atoms with van der Waals surface area (Å²) in [4.78, 5) is 42.2. The van der Waals surface area contributed by atoms with Crippen molar-refractivity contribution in [2.45, 2.75) is 31.9 Å². The number of alkyl halides is 3. The highest BCUT2D eigenvalue weighted by Gasteiger charge is 2.33. The van der Waals surface area contributed by atoms with E-state index in [-0.39, 0.29) is 39.4 Å². The average Bonchev–Trinajstić information content (AvgIpc) is 3.42. The Balaban J connectivity index is 1.37. The van der Waals surface area contributed by atoms with E-state index in [1.54, 1.807) is 19.3 Å². The number of nitrogens with one attached hydrogen (secondary N) is 2. The van der Waals surface area contributed by atoms with Crippen LogP contribution in [0.25, 0.3) is 0 Å². The molecule has 0 aliphatic carbocycles. The third-order valence-corrected chi connectivity index (χ3v) is 7.61. The van der Waals surface area contributed by atoms with Crippen molar-refractivity contribution < 1.29 is 22.8 Å². The number of hydrogen-bond donors (Lipinski definition) is 2. The molecule has 0 fully saturated rings. The number of hydrogen-bond acceptors (Lipinski definition) is 8. The van der Waals surface area contributed by atoms with Crippen molar-refractivity contribution in [2.75, 3.05) is 17.2 Å². The molecule has 4 rings (SSSR count). The van der Waals surface area contributed by atoms with Gasteiger partial charge in [0.05, 0.1) is 21.8 Å². The molecule has 1 amide bonds. The number of benzene rings is 1. The van der Waals surface area contributed by atoms with Gasteiger partial charge in [-0.05, 0) is 42.3 Å². The number of rotatable bonds is 10. The van der Waals surface area contributed by atoms with Crippen LogP contribution in [0.2, 0.25) is 10.0 Å². The first-order valence-corrected chi connectivity index (χ1v) is 13.4. The van der Waals surface area contributed by atoms with Gasteiger partial charge in [-0.15, -0.1) is 11.3 Å². The third-order valence-electron chi connectivity index (χ3n) is 5.70. The molecule has 1 unspecified atom stereocenters. The van der Waals surface area contributed by atoms with E-state index in [2.05, 4.69) is 30.6 Å². The Hall–Kier alpha value is -3.61. The maximum atomic E-state index is 13.1. The summed E-state index contributed by atoms with van der Waals surface area (Å²) in [5, 5.41) is 5.66. The summed E-state index contributed by atoms with van der Waals surface area (Å²) >= 11 is 13.1. The van der Waals surface area contributed by atoms with Crippen LogP contribution in [0, 0.1) is 0 Å². The maximum Gasteiger partial charge on any atom is 0.417 e. The lowest BCUT2D eigenvalue weighted by molar-refractivity contribution is -0.137. The summed E-state index contributed by atoms with van der Waals surface area (Å²) in [5.41, 5.74) is 0.0178. The van der Waals surface area contributed by atoms with Gasteiger partial charge < -0.3 is 10.6 Å². The second kappa shape index (κ2) is 12.7.